The number of benzene rings is 2. The van der Waals surface area contributed by atoms with E-state index in [1.165, 1.54) is 6.07 Å². The van der Waals surface area contributed by atoms with Crippen LogP contribution in [-0.2, 0) is 0 Å². The van der Waals surface area contributed by atoms with Crippen molar-refractivity contribution in [3.63, 3.8) is 0 Å². The van der Waals surface area contributed by atoms with Gasteiger partial charge in [-0.3, -0.25) is 9.78 Å². The Bertz CT molecular complexity index is 971. The van der Waals surface area contributed by atoms with Crippen molar-refractivity contribution in [2.45, 2.75) is 12.0 Å². The number of fused-ring (bicyclic) bond motifs is 1. The predicted molar refractivity (Wildman–Crippen MR) is 97.5 cm³/mol. The summed E-state index contributed by atoms with van der Waals surface area (Å²) in [5.41, 5.74) is 2.57. The van der Waals surface area contributed by atoms with Gasteiger partial charge < -0.3 is 10.4 Å². The number of hydrogen-bond donors (Lipinski definition) is 2. The average molecular weight is 344 g/mol. The first-order chi connectivity index (χ1) is 12.7. The first-order valence-electron chi connectivity index (χ1n) is 8.29. The third-order valence-electron chi connectivity index (χ3n) is 4.69. The Morgan fingerprint density at radius 3 is 2.35 bits per heavy atom. The van der Waals surface area contributed by atoms with Gasteiger partial charge in [-0.25, -0.2) is 4.79 Å². The molecule has 1 aliphatic heterocycles. The summed E-state index contributed by atoms with van der Waals surface area (Å²) in [5, 5.41) is 12.9. The highest BCUT2D eigenvalue weighted by molar-refractivity contribution is 6.14. The minimum Gasteiger partial charge on any atom is -0.478 e. The maximum Gasteiger partial charge on any atom is 0.336 e. The first-order valence-corrected chi connectivity index (χ1v) is 8.29. The van der Waals surface area contributed by atoms with E-state index in [2.05, 4.69) is 10.3 Å². The van der Waals surface area contributed by atoms with Crippen LogP contribution >= 0.6 is 0 Å². The highest BCUT2D eigenvalue weighted by Crippen LogP contribution is 2.43. The van der Waals surface area contributed by atoms with Gasteiger partial charge in [-0.15, -0.1) is 0 Å². The fourth-order valence-electron chi connectivity index (χ4n) is 3.52. The topological polar surface area (TPSA) is 79.3 Å². The van der Waals surface area contributed by atoms with Crippen molar-refractivity contribution in [3.8, 4) is 0 Å². The van der Waals surface area contributed by atoms with Gasteiger partial charge in [-0.05, 0) is 35.4 Å². The van der Waals surface area contributed by atoms with Gasteiger partial charge in [0.2, 0.25) is 0 Å². The number of carboxylic acid groups (broad SMARTS) is 1. The molecule has 2 unspecified atom stereocenters. The van der Waals surface area contributed by atoms with E-state index >= 15 is 0 Å². The van der Waals surface area contributed by atoms with Gasteiger partial charge in [0, 0.05) is 18.1 Å². The van der Waals surface area contributed by atoms with E-state index < -0.39 is 11.9 Å². The van der Waals surface area contributed by atoms with E-state index in [0.29, 0.717) is 5.69 Å². The summed E-state index contributed by atoms with van der Waals surface area (Å²) >= 11 is 0. The van der Waals surface area contributed by atoms with Gasteiger partial charge in [0.15, 0.2) is 5.78 Å². The summed E-state index contributed by atoms with van der Waals surface area (Å²) in [5.74, 6) is -1.82. The van der Waals surface area contributed by atoms with Crippen LogP contribution in [0.25, 0.3) is 0 Å². The fourth-order valence-corrected chi connectivity index (χ4v) is 3.52. The zero-order valence-electron chi connectivity index (χ0n) is 13.8. The van der Waals surface area contributed by atoms with E-state index in [1.54, 1.807) is 24.5 Å². The molecule has 0 amide bonds. The molecule has 0 saturated heterocycles. The second-order valence-electron chi connectivity index (χ2n) is 6.19. The van der Waals surface area contributed by atoms with Gasteiger partial charge in [-0.2, -0.15) is 0 Å². The Morgan fingerprint density at radius 2 is 1.65 bits per heavy atom. The zero-order chi connectivity index (χ0) is 18.1. The fraction of sp³-hybridized carbons (Fsp3) is 0.0952. The lowest BCUT2D eigenvalue weighted by atomic mass is 9.77. The van der Waals surface area contributed by atoms with Gasteiger partial charge in [0.1, 0.15) is 0 Å². The minimum atomic E-state index is -1.11. The Hall–Kier alpha value is -3.47. The zero-order valence-corrected chi connectivity index (χ0v) is 13.8. The highest BCUT2D eigenvalue weighted by atomic mass is 16.4. The number of rotatable bonds is 3. The quantitative estimate of drug-likeness (QED) is 0.753. The molecule has 128 valence electrons. The Kier molecular flexibility index (Phi) is 3.97. The van der Waals surface area contributed by atoms with Gasteiger partial charge in [0.25, 0.3) is 0 Å². The van der Waals surface area contributed by atoms with Gasteiger partial charge in [0.05, 0.1) is 23.1 Å². The second-order valence-corrected chi connectivity index (χ2v) is 6.19. The van der Waals surface area contributed by atoms with E-state index in [-0.39, 0.29) is 23.0 Å². The Balaban J connectivity index is 1.92. The number of hydrogen-bond acceptors (Lipinski definition) is 4. The number of nitrogens with one attached hydrogen (secondary N) is 1. The highest BCUT2D eigenvalue weighted by Gasteiger charge is 2.39. The molecule has 3 aromatic rings. The number of aromatic nitrogens is 1. The average Bonchev–Trinajstić information content (AvgIpc) is 2.68. The minimum absolute atomic E-state index is 0.0223. The molecule has 0 spiro atoms. The molecule has 0 radical (unpaired) electrons. The van der Waals surface area contributed by atoms with Crippen LogP contribution in [0.3, 0.4) is 0 Å². The third kappa shape index (κ3) is 2.63. The maximum absolute atomic E-state index is 13.4. The summed E-state index contributed by atoms with van der Waals surface area (Å²) in [6, 6.07) is 17.7. The van der Waals surface area contributed by atoms with E-state index in [0.717, 1.165) is 11.1 Å². The Labute approximate surface area is 150 Å². The number of nitrogens with zero attached hydrogens (tertiary/aromatic N) is 1. The molecule has 2 atom stereocenters. The van der Waals surface area contributed by atoms with Crippen LogP contribution in [0.2, 0.25) is 0 Å². The molecule has 0 bridgehead atoms. The molecular weight excluding hydrogens is 328 g/mol. The summed E-state index contributed by atoms with van der Waals surface area (Å²) in [4.78, 5) is 29.1. The lowest BCUT2D eigenvalue weighted by molar-refractivity contribution is 0.0690. The van der Waals surface area contributed by atoms with Crippen LogP contribution < -0.4 is 5.32 Å². The molecule has 2 N–H and O–H groups in total. The molecule has 0 fully saturated rings. The molecule has 5 nitrogen and oxygen atoms in total. The third-order valence-corrected chi connectivity index (χ3v) is 4.69. The number of anilines is 1. The van der Waals surface area contributed by atoms with Crippen LogP contribution in [0.5, 0.6) is 0 Å². The van der Waals surface area contributed by atoms with Crippen molar-refractivity contribution in [1.29, 1.82) is 0 Å². The molecule has 5 heteroatoms. The maximum atomic E-state index is 13.4. The lowest BCUT2D eigenvalue weighted by Gasteiger charge is -2.34. The molecule has 2 aromatic carbocycles. The SMILES string of the molecule is O=C(O)c1cccc2c1C(=O)C(c1ccccc1)C(c1ccncc1)N2. The van der Waals surface area contributed by atoms with E-state index in [9.17, 15) is 14.7 Å². The van der Waals surface area contributed by atoms with Crippen molar-refractivity contribution >= 4 is 17.4 Å². The van der Waals surface area contributed by atoms with Crippen LogP contribution in [0.4, 0.5) is 5.69 Å². The molecule has 0 saturated carbocycles. The normalized spacial score (nSPS) is 18.7. The second kappa shape index (κ2) is 6.44. The predicted octanol–water partition coefficient (Wildman–Crippen LogP) is 3.91. The van der Waals surface area contributed by atoms with Crippen molar-refractivity contribution in [2.75, 3.05) is 5.32 Å². The molecule has 4 rings (SSSR count). The van der Waals surface area contributed by atoms with Crippen molar-refractivity contribution < 1.29 is 14.7 Å². The molecule has 2 heterocycles. The first kappa shape index (κ1) is 16.0. The standard InChI is InChI=1S/C21H16N2O3/c24-20-17(13-5-2-1-3-6-13)19(14-9-11-22-12-10-14)23-16-8-4-7-15(18(16)20)21(25)26/h1-12,17,19,23H,(H,25,26). The molecule has 1 aliphatic rings. The number of carbonyl (C=O) groups is 2. The van der Waals surface area contributed by atoms with Crippen LogP contribution in [0.1, 0.15) is 43.8 Å². The van der Waals surface area contributed by atoms with Crippen molar-refractivity contribution in [2.24, 2.45) is 0 Å². The molecule has 0 aliphatic carbocycles. The van der Waals surface area contributed by atoms with Gasteiger partial charge in [-0.1, -0.05) is 36.4 Å². The number of ketones is 1. The summed E-state index contributed by atoms with van der Waals surface area (Å²) in [7, 11) is 0. The summed E-state index contributed by atoms with van der Waals surface area (Å²) < 4.78 is 0. The Morgan fingerprint density at radius 1 is 0.923 bits per heavy atom. The molecule has 26 heavy (non-hydrogen) atoms. The number of aromatic carboxylic acids is 1. The smallest absolute Gasteiger partial charge is 0.336 e. The van der Waals surface area contributed by atoms with Crippen molar-refractivity contribution in [1.82, 2.24) is 4.98 Å². The van der Waals surface area contributed by atoms with Crippen molar-refractivity contribution in [3.05, 3.63) is 95.3 Å². The van der Waals surface area contributed by atoms with Gasteiger partial charge >= 0.3 is 5.97 Å². The van der Waals surface area contributed by atoms with Crippen LogP contribution in [0, 0.1) is 0 Å². The molecular formula is C21H16N2O3. The largest absolute Gasteiger partial charge is 0.478 e. The van der Waals surface area contributed by atoms with E-state index in [1.807, 2.05) is 42.5 Å². The summed E-state index contributed by atoms with van der Waals surface area (Å²) in [6.45, 7) is 0. The van der Waals surface area contributed by atoms with Crippen LogP contribution in [0.15, 0.2) is 73.1 Å². The number of pyridine rings is 1. The number of carboxylic acids is 1. The number of carbonyl (C=O) groups excluding carboxylic acids is 1. The van der Waals surface area contributed by atoms with Crippen LogP contribution in [-0.4, -0.2) is 21.8 Å². The lowest BCUT2D eigenvalue weighted by Crippen LogP contribution is -2.33. The summed E-state index contributed by atoms with van der Waals surface area (Å²) in [6.07, 6.45) is 3.37. The monoisotopic (exact) mass is 344 g/mol. The molecule has 1 aromatic heterocycles. The van der Waals surface area contributed by atoms with E-state index in [4.69, 9.17) is 0 Å². The number of Topliss-reactive ketones (excluding diaryl/α,β-unsaturated/α-hetero) is 1.